The van der Waals surface area contributed by atoms with Gasteiger partial charge in [-0.2, -0.15) is 0 Å². The van der Waals surface area contributed by atoms with Gasteiger partial charge < -0.3 is 9.47 Å². The summed E-state index contributed by atoms with van der Waals surface area (Å²) in [5, 5.41) is 0. The van der Waals surface area contributed by atoms with Crippen LogP contribution in [0.15, 0.2) is 35.3 Å². The highest BCUT2D eigenvalue weighted by atomic mass is 19.1. The van der Waals surface area contributed by atoms with E-state index in [1.807, 2.05) is 12.3 Å². The number of fused-ring (bicyclic) bond motifs is 5. The summed E-state index contributed by atoms with van der Waals surface area (Å²) in [7, 11) is 0. The van der Waals surface area contributed by atoms with Crippen LogP contribution in [0.1, 0.15) is 16.7 Å². The topological polar surface area (TPSA) is 30.8 Å². The van der Waals surface area contributed by atoms with Gasteiger partial charge in [0.2, 0.25) is 0 Å². The highest BCUT2D eigenvalue weighted by Gasteiger charge is 2.46. The fourth-order valence-electron chi connectivity index (χ4n) is 3.50. The zero-order chi connectivity index (χ0) is 14.0. The lowest BCUT2D eigenvalue weighted by Crippen LogP contribution is -2.29. The lowest BCUT2D eigenvalue weighted by atomic mass is 9.77. The number of nitrogens with zero attached hydrogens (tertiary/aromatic N) is 1. The molecule has 3 aliphatic rings. The van der Waals surface area contributed by atoms with E-state index in [0.717, 1.165) is 34.7 Å². The molecule has 4 heteroatoms. The van der Waals surface area contributed by atoms with E-state index in [-0.39, 0.29) is 5.82 Å². The number of rotatable bonds is 0. The van der Waals surface area contributed by atoms with Gasteiger partial charge in [-0.25, -0.2) is 4.39 Å². The normalized spacial score (nSPS) is 23.7. The number of hydrogen-bond donors (Lipinski definition) is 0. The van der Waals surface area contributed by atoms with Gasteiger partial charge in [-0.15, -0.1) is 0 Å². The molecule has 1 atom stereocenters. The van der Waals surface area contributed by atoms with Crippen molar-refractivity contribution in [3.05, 3.63) is 52.8 Å². The van der Waals surface area contributed by atoms with Crippen LogP contribution < -0.4 is 9.47 Å². The average Bonchev–Trinajstić information content (AvgIpc) is 3.17. The summed E-state index contributed by atoms with van der Waals surface area (Å²) in [5.41, 5.74) is 3.52. The van der Waals surface area contributed by atoms with Crippen molar-refractivity contribution in [3.8, 4) is 11.5 Å². The minimum absolute atomic E-state index is 0.239. The Bertz CT molecular complexity index is 815. The molecule has 0 bridgehead atoms. The van der Waals surface area contributed by atoms with E-state index in [2.05, 4.69) is 11.1 Å². The molecule has 3 nitrogen and oxygen atoms in total. The molecule has 2 aromatic carbocycles. The van der Waals surface area contributed by atoms with Crippen molar-refractivity contribution < 1.29 is 13.9 Å². The summed E-state index contributed by atoms with van der Waals surface area (Å²) in [6, 6.07) is 8.84. The van der Waals surface area contributed by atoms with Crippen molar-refractivity contribution in [3.63, 3.8) is 0 Å². The van der Waals surface area contributed by atoms with E-state index in [0.29, 0.717) is 13.2 Å². The summed E-state index contributed by atoms with van der Waals surface area (Å²) in [4.78, 5) is 4.47. The SMILES string of the molecule is Fc1ccc2c(c1)C1(C=N2)COc2cc3c(cc21)CCO3. The van der Waals surface area contributed by atoms with Crippen LogP contribution in [-0.4, -0.2) is 19.4 Å². The third-order valence-corrected chi connectivity index (χ3v) is 4.59. The van der Waals surface area contributed by atoms with Gasteiger partial charge in [0.05, 0.1) is 17.7 Å². The van der Waals surface area contributed by atoms with Gasteiger partial charge >= 0.3 is 0 Å². The van der Waals surface area contributed by atoms with Crippen LogP contribution in [0.2, 0.25) is 0 Å². The highest BCUT2D eigenvalue weighted by Crippen LogP contribution is 2.50. The number of benzene rings is 2. The van der Waals surface area contributed by atoms with Crippen molar-refractivity contribution >= 4 is 11.9 Å². The van der Waals surface area contributed by atoms with Crippen LogP contribution in [0.3, 0.4) is 0 Å². The fraction of sp³-hybridized carbons (Fsp3) is 0.235. The first-order chi connectivity index (χ1) is 10.3. The fourth-order valence-corrected chi connectivity index (χ4v) is 3.50. The zero-order valence-corrected chi connectivity index (χ0v) is 11.2. The predicted molar refractivity (Wildman–Crippen MR) is 76.5 cm³/mol. The van der Waals surface area contributed by atoms with Crippen LogP contribution >= 0.6 is 0 Å². The van der Waals surface area contributed by atoms with Crippen LogP contribution in [0, 0.1) is 5.82 Å². The molecule has 1 spiro atoms. The van der Waals surface area contributed by atoms with E-state index in [4.69, 9.17) is 9.47 Å². The molecule has 104 valence electrons. The van der Waals surface area contributed by atoms with E-state index in [9.17, 15) is 4.39 Å². The van der Waals surface area contributed by atoms with Gasteiger partial charge in [-0.1, -0.05) is 0 Å². The lowest BCUT2D eigenvalue weighted by Gasteiger charge is -2.20. The Hall–Kier alpha value is -2.36. The molecule has 21 heavy (non-hydrogen) atoms. The van der Waals surface area contributed by atoms with Crippen LogP contribution in [0.5, 0.6) is 11.5 Å². The Labute approximate surface area is 121 Å². The molecule has 1 unspecified atom stereocenters. The summed E-state index contributed by atoms with van der Waals surface area (Å²) in [6.45, 7) is 1.18. The van der Waals surface area contributed by atoms with Gasteiger partial charge in [0, 0.05) is 29.8 Å². The second-order valence-corrected chi connectivity index (χ2v) is 5.73. The molecule has 5 rings (SSSR count). The molecule has 2 aromatic rings. The second-order valence-electron chi connectivity index (χ2n) is 5.73. The Balaban J connectivity index is 1.76. The standard InChI is InChI=1S/C17H12FNO2/c18-11-1-2-14-12(6-11)17(8-19-14)9-21-16-7-15-10(3-4-20-15)5-13(16)17/h1-2,5-8H,3-4,9H2. The maximum atomic E-state index is 13.7. The van der Waals surface area contributed by atoms with Crippen LogP contribution in [0.25, 0.3) is 0 Å². The van der Waals surface area contributed by atoms with E-state index >= 15 is 0 Å². The number of ether oxygens (including phenoxy) is 2. The van der Waals surface area contributed by atoms with Gasteiger partial charge in [-0.3, -0.25) is 4.99 Å². The van der Waals surface area contributed by atoms with Gasteiger partial charge in [0.25, 0.3) is 0 Å². The van der Waals surface area contributed by atoms with Crippen molar-refractivity contribution in [2.45, 2.75) is 11.8 Å². The molecule has 0 N–H and O–H groups in total. The quantitative estimate of drug-likeness (QED) is 0.742. The maximum Gasteiger partial charge on any atom is 0.127 e. The lowest BCUT2D eigenvalue weighted by molar-refractivity contribution is 0.323. The first kappa shape index (κ1) is 11.3. The Kier molecular flexibility index (Phi) is 1.96. The number of halogens is 1. The van der Waals surface area contributed by atoms with Crippen LogP contribution in [-0.2, 0) is 11.8 Å². The first-order valence-corrected chi connectivity index (χ1v) is 7.04. The average molecular weight is 281 g/mol. The Morgan fingerprint density at radius 3 is 2.95 bits per heavy atom. The molecule has 3 aliphatic heterocycles. The molecule has 0 fully saturated rings. The van der Waals surface area contributed by atoms with Crippen molar-refractivity contribution in [1.29, 1.82) is 0 Å². The molecule has 0 amide bonds. The largest absolute Gasteiger partial charge is 0.493 e. The Morgan fingerprint density at radius 1 is 1.05 bits per heavy atom. The summed E-state index contributed by atoms with van der Waals surface area (Å²) in [6.07, 6.45) is 2.80. The van der Waals surface area contributed by atoms with E-state index < -0.39 is 5.41 Å². The molecule has 3 heterocycles. The van der Waals surface area contributed by atoms with Gasteiger partial charge in [0.15, 0.2) is 0 Å². The van der Waals surface area contributed by atoms with Gasteiger partial charge in [0.1, 0.15) is 23.9 Å². The molecule has 0 aromatic heterocycles. The minimum atomic E-state index is -0.454. The zero-order valence-electron chi connectivity index (χ0n) is 11.2. The summed E-state index contributed by atoms with van der Waals surface area (Å²) >= 11 is 0. The summed E-state index contributed by atoms with van der Waals surface area (Å²) in [5.74, 6) is 1.48. The van der Waals surface area contributed by atoms with Crippen molar-refractivity contribution in [2.75, 3.05) is 13.2 Å². The third-order valence-electron chi connectivity index (χ3n) is 4.59. The molecule has 0 saturated heterocycles. The predicted octanol–water partition coefficient (Wildman–Crippen LogP) is 3.16. The maximum absolute atomic E-state index is 13.7. The van der Waals surface area contributed by atoms with E-state index in [1.54, 1.807) is 12.1 Å². The summed E-state index contributed by atoms with van der Waals surface area (Å²) < 4.78 is 25.1. The minimum Gasteiger partial charge on any atom is -0.493 e. The molecular formula is C17H12FNO2. The number of hydrogen-bond acceptors (Lipinski definition) is 3. The third kappa shape index (κ3) is 1.35. The second kappa shape index (κ2) is 3.64. The van der Waals surface area contributed by atoms with E-state index in [1.165, 1.54) is 11.6 Å². The monoisotopic (exact) mass is 281 g/mol. The molecule has 0 saturated carbocycles. The molecule has 0 radical (unpaired) electrons. The van der Waals surface area contributed by atoms with Crippen molar-refractivity contribution in [1.82, 2.24) is 0 Å². The highest BCUT2D eigenvalue weighted by molar-refractivity contribution is 5.91. The van der Waals surface area contributed by atoms with Crippen molar-refractivity contribution in [2.24, 2.45) is 4.99 Å². The molecule has 0 aliphatic carbocycles. The number of aliphatic imine (C=N–C) groups is 1. The molecular weight excluding hydrogens is 269 g/mol. The van der Waals surface area contributed by atoms with Gasteiger partial charge in [-0.05, 0) is 29.8 Å². The Morgan fingerprint density at radius 2 is 2.00 bits per heavy atom. The van der Waals surface area contributed by atoms with Crippen LogP contribution in [0.4, 0.5) is 10.1 Å². The smallest absolute Gasteiger partial charge is 0.127 e. The first-order valence-electron chi connectivity index (χ1n) is 7.04.